The van der Waals surface area contributed by atoms with Gasteiger partial charge in [-0.15, -0.1) is 0 Å². The molecule has 6 heteroatoms. The number of halogens is 1. The first kappa shape index (κ1) is 11.8. The number of non-ortho nitro benzene ring substituents is 1. The quantitative estimate of drug-likeness (QED) is 0.474. The number of aliphatic imine (C=N–C) groups is 1. The standard InChI is InChI=1S/C12H8FN3O2/c13-11-4-3-10(16(17)18)6-12(11)15-8-9-2-1-5-14-7-9/h1-8H. The predicted octanol–water partition coefficient (Wildman–Crippen LogP) is 2.88. The van der Waals surface area contributed by atoms with Crippen LogP contribution in [0.4, 0.5) is 15.8 Å². The van der Waals surface area contributed by atoms with Crippen molar-refractivity contribution < 1.29 is 9.31 Å². The van der Waals surface area contributed by atoms with Gasteiger partial charge in [-0.3, -0.25) is 20.1 Å². The molecule has 0 atom stereocenters. The van der Waals surface area contributed by atoms with Gasteiger partial charge in [-0.05, 0) is 12.1 Å². The zero-order valence-corrected chi connectivity index (χ0v) is 9.15. The van der Waals surface area contributed by atoms with Crippen LogP contribution in [0.15, 0.2) is 47.7 Å². The molecule has 0 aliphatic carbocycles. The molecule has 90 valence electrons. The minimum atomic E-state index is -0.610. The first-order valence-electron chi connectivity index (χ1n) is 5.05. The normalized spacial score (nSPS) is 10.7. The Morgan fingerprint density at radius 1 is 1.39 bits per heavy atom. The third kappa shape index (κ3) is 2.73. The molecular formula is C12H8FN3O2. The Morgan fingerprint density at radius 3 is 2.89 bits per heavy atom. The monoisotopic (exact) mass is 245 g/mol. The van der Waals surface area contributed by atoms with Crippen molar-refractivity contribution in [2.24, 2.45) is 4.99 Å². The highest BCUT2D eigenvalue weighted by atomic mass is 19.1. The Morgan fingerprint density at radius 2 is 2.22 bits per heavy atom. The van der Waals surface area contributed by atoms with E-state index < -0.39 is 10.7 Å². The molecule has 1 aromatic heterocycles. The van der Waals surface area contributed by atoms with Crippen LogP contribution in [-0.4, -0.2) is 16.1 Å². The summed E-state index contributed by atoms with van der Waals surface area (Å²) in [6.45, 7) is 0. The number of nitrogens with zero attached hydrogens (tertiary/aromatic N) is 3. The van der Waals surface area contributed by atoms with E-state index in [0.29, 0.717) is 5.56 Å². The molecule has 0 saturated carbocycles. The highest BCUT2D eigenvalue weighted by molar-refractivity contribution is 5.81. The first-order chi connectivity index (χ1) is 8.66. The van der Waals surface area contributed by atoms with Crippen LogP contribution in [0.1, 0.15) is 5.56 Å². The van der Waals surface area contributed by atoms with Crippen molar-refractivity contribution in [3.63, 3.8) is 0 Å². The summed E-state index contributed by atoms with van der Waals surface area (Å²) in [5.74, 6) is -0.610. The van der Waals surface area contributed by atoms with Gasteiger partial charge in [0, 0.05) is 36.3 Å². The number of hydrogen-bond acceptors (Lipinski definition) is 4. The smallest absolute Gasteiger partial charge is 0.264 e. The molecule has 0 saturated heterocycles. The van der Waals surface area contributed by atoms with E-state index >= 15 is 0 Å². The predicted molar refractivity (Wildman–Crippen MR) is 64.5 cm³/mol. The summed E-state index contributed by atoms with van der Waals surface area (Å²) in [5.41, 5.74) is 0.409. The molecule has 0 fully saturated rings. The summed E-state index contributed by atoms with van der Waals surface area (Å²) in [4.78, 5) is 17.7. The molecule has 0 aliphatic rings. The fourth-order valence-corrected chi connectivity index (χ4v) is 1.31. The Bertz CT molecular complexity index is 600. The molecule has 18 heavy (non-hydrogen) atoms. The molecule has 0 aliphatic heterocycles. The molecule has 0 bridgehead atoms. The van der Waals surface area contributed by atoms with Crippen molar-refractivity contribution in [3.05, 3.63) is 64.2 Å². The fourth-order valence-electron chi connectivity index (χ4n) is 1.31. The average Bonchev–Trinajstić information content (AvgIpc) is 2.38. The molecule has 0 N–H and O–H groups in total. The number of aromatic nitrogens is 1. The van der Waals surface area contributed by atoms with Crippen LogP contribution in [0.5, 0.6) is 0 Å². The van der Waals surface area contributed by atoms with Gasteiger partial charge >= 0.3 is 0 Å². The van der Waals surface area contributed by atoms with Gasteiger partial charge in [0.1, 0.15) is 11.5 Å². The fraction of sp³-hybridized carbons (Fsp3) is 0. The SMILES string of the molecule is O=[N+]([O-])c1ccc(F)c(N=Cc2cccnc2)c1. The van der Waals surface area contributed by atoms with Crippen LogP contribution < -0.4 is 0 Å². The van der Waals surface area contributed by atoms with Crippen molar-refractivity contribution >= 4 is 17.6 Å². The number of rotatable bonds is 3. The third-order valence-corrected chi connectivity index (χ3v) is 2.18. The molecule has 0 spiro atoms. The molecule has 1 heterocycles. The van der Waals surface area contributed by atoms with Gasteiger partial charge in [-0.1, -0.05) is 6.07 Å². The highest BCUT2D eigenvalue weighted by Gasteiger charge is 2.09. The third-order valence-electron chi connectivity index (χ3n) is 2.18. The van der Waals surface area contributed by atoms with Gasteiger partial charge < -0.3 is 0 Å². The van der Waals surface area contributed by atoms with E-state index in [-0.39, 0.29) is 11.4 Å². The van der Waals surface area contributed by atoms with Crippen LogP contribution in [0.3, 0.4) is 0 Å². The lowest BCUT2D eigenvalue weighted by Gasteiger charge is -1.97. The molecular weight excluding hydrogens is 237 g/mol. The Balaban J connectivity index is 2.31. The average molecular weight is 245 g/mol. The summed E-state index contributed by atoms with van der Waals surface area (Å²) in [7, 11) is 0. The minimum absolute atomic E-state index is 0.0759. The maximum absolute atomic E-state index is 13.4. The van der Waals surface area contributed by atoms with Crippen LogP contribution in [0.25, 0.3) is 0 Å². The maximum Gasteiger partial charge on any atom is 0.271 e. The lowest BCUT2D eigenvalue weighted by molar-refractivity contribution is -0.384. The topological polar surface area (TPSA) is 68.4 Å². The lowest BCUT2D eigenvalue weighted by Crippen LogP contribution is -1.88. The summed E-state index contributed by atoms with van der Waals surface area (Å²) >= 11 is 0. The van der Waals surface area contributed by atoms with Crippen LogP contribution in [0, 0.1) is 15.9 Å². The minimum Gasteiger partial charge on any atom is -0.264 e. The van der Waals surface area contributed by atoms with E-state index in [1.165, 1.54) is 6.21 Å². The summed E-state index contributed by atoms with van der Waals surface area (Å²) in [5, 5.41) is 10.6. The van der Waals surface area contributed by atoms with E-state index in [1.54, 1.807) is 24.5 Å². The molecule has 0 radical (unpaired) electrons. The van der Waals surface area contributed by atoms with Gasteiger partial charge in [0.15, 0.2) is 0 Å². The highest BCUT2D eigenvalue weighted by Crippen LogP contribution is 2.23. The number of nitro groups is 1. The maximum atomic E-state index is 13.4. The Labute approximate surface area is 102 Å². The van der Waals surface area contributed by atoms with E-state index in [4.69, 9.17) is 0 Å². The number of nitro benzene ring substituents is 1. The van der Waals surface area contributed by atoms with Crippen LogP contribution >= 0.6 is 0 Å². The number of pyridine rings is 1. The second kappa shape index (κ2) is 5.13. The van der Waals surface area contributed by atoms with E-state index in [9.17, 15) is 14.5 Å². The van der Waals surface area contributed by atoms with Crippen LogP contribution in [0.2, 0.25) is 0 Å². The summed E-state index contributed by atoms with van der Waals surface area (Å²) < 4.78 is 13.4. The molecule has 5 nitrogen and oxygen atoms in total. The second-order valence-electron chi connectivity index (χ2n) is 3.44. The number of benzene rings is 1. The van der Waals surface area contributed by atoms with Gasteiger partial charge in [0.05, 0.1) is 4.92 Å². The molecule has 0 unspecified atom stereocenters. The lowest BCUT2D eigenvalue weighted by atomic mass is 10.2. The van der Waals surface area contributed by atoms with E-state index in [2.05, 4.69) is 9.98 Å². The van der Waals surface area contributed by atoms with Crippen molar-refractivity contribution in [1.82, 2.24) is 4.98 Å². The largest absolute Gasteiger partial charge is 0.271 e. The zero-order chi connectivity index (χ0) is 13.0. The first-order valence-corrected chi connectivity index (χ1v) is 5.05. The summed E-state index contributed by atoms with van der Waals surface area (Å²) in [6.07, 6.45) is 4.55. The Hall–Kier alpha value is -2.63. The van der Waals surface area contributed by atoms with Crippen molar-refractivity contribution in [2.45, 2.75) is 0 Å². The molecule has 1 aromatic carbocycles. The van der Waals surface area contributed by atoms with Crippen molar-refractivity contribution in [1.29, 1.82) is 0 Å². The van der Waals surface area contributed by atoms with Gasteiger partial charge in [-0.2, -0.15) is 0 Å². The molecule has 2 aromatic rings. The van der Waals surface area contributed by atoms with Gasteiger partial charge in [0.2, 0.25) is 0 Å². The number of hydrogen-bond donors (Lipinski definition) is 0. The van der Waals surface area contributed by atoms with Gasteiger partial charge in [-0.25, -0.2) is 4.39 Å². The van der Waals surface area contributed by atoms with Crippen molar-refractivity contribution in [3.8, 4) is 0 Å². The Kier molecular flexibility index (Phi) is 3.38. The van der Waals surface area contributed by atoms with E-state index in [0.717, 1.165) is 18.2 Å². The molecule has 2 rings (SSSR count). The van der Waals surface area contributed by atoms with Crippen molar-refractivity contribution in [2.75, 3.05) is 0 Å². The van der Waals surface area contributed by atoms with Gasteiger partial charge in [0.25, 0.3) is 5.69 Å². The van der Waals surface area contributed by atoms with Crippen LogP contribution in [-0.2, 0) is 0 Å². The molecule has 0 amide bonds. The zero-order valence-electron chi connectivity index (χ0n) is 9.15. The second-order valence-corrected chi connectivity index (χ2v) is 3.44. The summed E-state index contributed by atoms with van der Waals surface area (Å²) in [6, 6.07) is 6.66. The van der Waals surface area contributed by atoms with E-state index in [1.807, 2.05) is 0 Å².